The van der Waals surface area contributed by atoms with Crippen molar-refractivity contribution >= 4 is 16.9 Å². The van der Waals surface area contributed by atoms with E-state index in [4.69, 9.17) is 0 Å². The fraction of sp³-hybridized carbons (Fsp3) is 0.700. The van der Waals surface area contributed by atoms with E-state index >= 15 is 0 Å². The molecular formula is C10H16N2S. The normalized spacial score (nSPS) is 28.5. The summed E-state index contributed by atoms with van der Waals surface area (Å²) in [6.45, 7) is 7.75. The van der Waals surface area contributed by atoms with Crippen LogP contribution in [0.25, 0.3) is 0 Å². The van der Waals surface area contributed by atoms with Crippen molar-refractivity contribution in [2.24, 2.45) is 10.9 Å². The number of hydrogen-bond donors (Lipinski definition) is 0. The molecule has 2 atom stereocenters. The molecule has 2 unspecified atom stereocenters. The molecule has 2 rings (SSSR count). The van der Waals surface area contributed by atoms with Crippen LogP contribution >= 0.6 is 11.8 Å². The van der Waals surface area contributed by atoms with Crippen molar-refractivity contribution in [2.45, 2.75) is 33.2 Å². The fourth-order valence-corrected chi connectivity index (χ4v) is 2.87. The van der Waals surface area contributed by atoms with Crippen LogP contribution in [-0.2, 0) is 0 Å². The molecule has 0 aromatic heterocycles. The quantitative estimate of drug-likeness (QED) is 0.675. The first-order valence-electron chi connectivity index (χ1n) is 4.94. The van der Waals surface area contributed by atoms with E-state index in [0.29, 0.717) is 12.0 Å². The van der Waals surface area contributed by atoms with Gasteiger partial charge in [0.25, 0.3) is 0 Å². The highest BCUT2D eigenvalue weighted by Gasteiger charge is 2.33. The van der Waals surface area contributed by atoms with Gasteiger partial charge in [-0.05, 0) is 24.7 Å². The zero-order valence-corrected chi connectivity index (χ0v) is 9.27. The molecule has 3 heteroatoms. The summed E-state index contributed by atoms with van der Waals surface area (Å²) in [6.07, 6.45) is 1.21. The predicted octanol–water partition coefficient (Wildman–Crippen LogP) is 2.68. The van der Waals surface area contributed by atoms with Gasteiger partial charge in [-0.25, -0.2) is 0 Å². The van der Waals surface area contributed by atoms with Crippen molar-refractivity contribution in [2.75, 3.05) is 6.54 Å². The SMILES string of the molecule is CCC(C)C1=CSC2=NCC(C)N12. The Morgan fingerprint density at radius 1 is 1.77 bits per heavy atom. The second kappa shape index (κ2) is 3.37. The van der Waals surface area contributed by atoms with Crippen LogP contribution in [0.2, 0.25) is 0 Å². The highest BCUT2D eigenvalue weighted by Crippen LogP contribution is 2.36. The van der Waals surface area contributed by atoms with Crippen LogP contribution in [-0.4, -0.2) is 22.7 Å². The summed E-state index contributed by atoms with van der Waals surface area (Å²) in [5, 5.41) is 3.48. The Morgan fingerprint density at radius 3 is 3.23 bits per heavy atom. The Labute approximate surface area is 84.1 Å². The lowest BCUT2D eigenvalue weighted by molar-refractivity contribution is 0.393. The molecule has 0 saturated heterocycles. The Bertz CT molecular complexity index is 270. The van der Waals surface area contributed by atoms with Crippen LogP contribution in [0.4, 0.5) is 0 Å². The van der Waals surface area contributed by atoms with Crippen molar-refractivity contribution in [3.05, 3.63) is 11.1 Å². The molecule has 2 aliphatic heterocycles. The topological polar surface area (TPSA) is 15.6 Å². The van der Waals surface area contributed by atoms with E-state index in [1.807, 2.05) is 0 Å². The van der Waals surface area contributed by atoms with Gasteiger partial charge in [-0.3, -0.25) is 4.99 Å². The minimum atomic E-state index is 0.574. The fourth-order valence-electron chi connectivity index (χ4n) is 1.75. The number of nitrogens with zero attached hydrogens (tertiary/aromatic N) is 2. The van der Waals surface area contributed by atoms with E-state index in [2.05, 4.69) is 36.1 Å². The first-order valence-corrected chi connectivity index (χ1v) is 5.82. The van der Waals surface area contributed by atoms with E-state index in [1.54, 1.807) is 11.8 Å². The summed E-state index contributed by atoms with van der Waals surface area (Å²) in [6, 6.07) is 0.574. The maximum atomic E-state index is 4.50. The second-order valence-corrected chi connectivity index (χ2v) is 4.65. The average molecular weight is 196 g/mol. The van der Waals surface area contributed by atoms with E-state index in [-0.39, 0.29) is 0 Å². The van der Waals surface area contributed by atoms with Gasteiger partial charge in [0, 0.05) is 5.70 Å². The van der Waals surface area contributed by atoms with Crippen molar-refractivity contribution in [3.63, 3.8) is 0 Å². The van der Waals surface area contributed by atoms with Crippen LogP contribution in [0.3, 0.4) is 0 Å². The third-order valence-electron chi connectivity index (χ3n) is 2.82. The van der Waals surface area contributed by atoms with Crippen LogP contribution in [0.1, 0.15) is 27.2 Å². The lowest BCUT2D eigenvalue weighted by Crippen LogP contribution is -2.31. The van der Waals surface area contributed by atoms with Crippen molar-refractivity contribution in [1.29, 1.82) is 0 Å². The summed E-state index contributed by atoms with van der Waals surface area (Å²) in [5.74, 6) is 0.667. The molecule has 0 aromatic rings. The van der Waals surface area contributed by atoms with Gasteiger partial charge >= 0.3 is 0 Å². The summed E-state index contributed by atoms with van der Waals surface area (Å²) < 4.78 is 0. The Morgan fingerprint density at radius 2 is 2.54 bits per heavy atom. The molecule has 0 bridgehead atoms. The zero-order chi connectivity index (χ0) is 9.42. The number of aliphatic imine (C=N–C) groups is 1. The number of hydrogen-bond acceptors (Lipinski definition) is 3. The number of thioether (sulfide) groups is 1. The van der Waals surface area contributed by atoms with E-state index < -0.39 is 0 Å². The maximum absolute atomic E-state index is 4.50. The van der Waals surface area contributed by atoms with Gasteiger partial charge in [-0.2, -0.15) is 0 Å². The maximum Gasteiger partial charge on any atom is 0.168 e. The van der Waals surface area contributed by atoms with Crippen LogP contribution in [0.15, 0.2) is 16.1 Å². The largest absolute Gasteiger partial charge is 0.319 e. The van der Waals surface area contributed by atoms with Gasteiger partial charge < -0.3 is 4.90 Å². The molecule has 72 valence electrons. The standard InChI is InChI=1S/C10H16N2S/c1-4-7(2)9-6-13-10-11-5-8(3)12(9)10/h6-8H,4-5H2,1-3H3. The minimum absolute atomic E-state index is 0.574. The summed E-state index contributed by atoms with van der Waals surface area (Å²) in [4.78, 5) is 6.90. The number of allylic oxidation sites excluding steroid dienone is 1. The second-order valence-electron chi connectivity index (χ2n) is 3.81. The molecule has 2 nitrogen and oxygen atoms in total. The van der Waals surface area contributed by atoms with Crippen molar-refractivity contribution in [1.82, 2.24) is 4.90 Å². The number of fused-ring (bicyclic) bond motifs is 1. The number of amidine groups is 1. The molecular weight excluding hydrogens is 180 g/mol. The average Bonchev–Trinajstić information content (AvgIpc) is 2.68. The molecule has 0 radical (unpaired) electrons. The van der Waals surface area contributed by atoms with Crippen LogP contribution in [0.5, 0.6) is 0 Å². The van der Waals surface area contributed by atoms with Crippen LogP contribution < -0.4 is 0 Å². The predicted molar refractivity (Wildman–Crippen MR) is 58.7 cm³/mol. The van der Waals surface area contributed by atoms with Gasteiger partial charge in [0.1, 0.15) is 0 Å². The molecule has 0 aromatic carbocycles. The molecule has 2 aliphatic rings. The smallest absolute Gasteiger partial charge is 0.168 e. The highest BCUT2D eigenvalue weighted by atomic mass is 32.2. The molecule has 13 heavy (non-hydrogen) atoms. The Hall–Kier alpha value is -0.440. The monoisotopic (exact) mass is 196 g/mol. The summed E-state index contributed by atoms with van der Waals surface area (Å²) in [7, 11) is 0. The molecule has 0 aliphatic carbocycles. The lowest BCUT2D eigenvalue weighted by Gasteiger charge is -2.25. The van der Waals surface area contributed by atoms with Gasteiger partial charge in [0.15, 0.2) is 5.17 Å². The molecule has 2 heterocycles. The Kier molecular flexibility index (Phi) is 2.37. The first-order chi connectivity index (χ1) is 6.24. The lowest BCUT2D eigenvalue weighted by atomic mass is 10.0. The Balaban J connectivity index is 2.18. The molecule has 0 saturated carbocycles. The van der Waals surface area contributed by atoms with Crippen LogP contribution in [0, 0.1) is 5.92 Å². The first kappa shape index (κ1) is 9.13. The van der Waals surface area contributed by atoms with E-state index in [0.717, 1.165) is 6.54 Å². The van der Waals surface area contributed by atoms with E-state index in [1.165, 1.54) is 17.3 Å². The number of rotatable bonds is 2. The zero-order valence-electron chi connectivity index (χ0n) is 8.45. The van der Waals surface area contributed by atoms with Gasteiger partial charge in [0.05, 0.1) is 12.6 Å². The molecule has 0 fully saturated rings. The van der Waals surface area contributed by atoms with Gasteiger partial charge in [-0.15, -0.1) is 0 Å². The van der Waals surface area contributed by atoms with Crippen molar-refractivity contribution in [3.8, 4) is 0 Å². The minimum Gasteiger partial charge on any atom is -0.319 e. The molecule has 0 N–H and O–H groups in total. The summed E-state index contributed by atoms with van der Waals surface area (Å²) in [5.41, 5.74) is 1.47. The molecule has 0 amide bonds. The summed E-state index contributed by atoms with van der Waals surface area (Å²) >= 11 is 1.78. The highest BCUT2D eigenvalue weighted by molar-refractivity contribution is 8.16. The van der Waals surface area contributed by atoms with Gasteiger partial charge in [-0.1, -0.05) is 25.6 Å². The van der Waals surface area contributed by atoms with Crippen molar-refractivity contribution < 1.29 is 0 Å². The third-order valence-corrected chi connectivity index (χ3v) is 3.71. The third kappa shape index (κ3) is 1.39. The van der Waals surface area contributed by atoms with Gasteiger partial charge in [0.2, 0.25) is 0 Å². The van der Waals surface area contributed by atoms with E-state index in [9.17, 15) is 0 Å². The molecule has 0 spiro atoms.